The standard InChI is InChI=1S/C25H20FN3O4.C24H18FN3O4.C20H16FNO5/c1-32-23-21(25(31)33-2)12-20(24(30)29-18-4-3-9-27-14-18)19-11-16(13-28-22(19)23)10-15-5-7-17(26)8-6-15;1-32-24(31)20-11-19(23(30)28-17-3-2-8-26-13-17)18-10-15(12-27-21(18)22(20)29)9-14-4-6-16(25)7-5-14;1-26-18-16(20(25)27-2)9-15(19(23)24)14-8-12(10-22-17(14)18)7-11-3-5-13(21)6-4-11/h3-9,11-14H,10H2,1-2H3,(H,29,30);2-8,10-13,29H,9H2,1H3,(H,28,30);3-6,8-10H,7H2,1-2H3,(H,23,24). The van der Waals surface area contributed by atoms with Gasteiger partial charge in [0.15, 0.2) is 17.2 Å². The number of phenolic OH excluding ortho intramolecular Hbond substituents is 1. The van der Waals surface area contributed by atoms with Gasteiger partial charge >= 0.3 is 23.9 Å². The lowest BCUT2D eigenvalue weighted by Gasteiger charge is -2.15. The van der Waals surface area contributed by atoms with Gasteiger partial charge in [-0.2, -0.15) is 0 Å². The molecule has 11 rings (SSSR count). The molecule has 6 aromatic carbocycles. The zero-order valence-corrected chi connectivity index (χ0v) is 49.6. The van der Waals surface area contributed by atoms with Crippen LogP contribution in [0.2, 0.25) is 0 Å². The van der Waals surface area contributed by atoms with Gasteiger partial charge < -0.3 is 44.5 Å². The van der Waals surface area contributed by atoms with Crippen LogP contribution < -0.4 is 20.1 Å². The average molecular weight is 1250 g/mol. The molecule has 92 heavy (non-hydrogen) atoms. The Hall–Kier alpha value is -12.1. The highest BCUT2D eigenvalue weighted by molar-refractivity contribution is 6.17. The second kappa shape index (κ2) is 29.2. The number of nitrogens with zero attached hydrogens (tertiary/aromatic N) is 5. The molecule has 0 fully saturated rings. The number of ether oxygens (including phenoxy) is 5. The first-order valence-corrected chi connectivity index (χ1v) is 27.7. The van der Waals surface area contributed by atoms with Crippen LogP contribution in [-0.2, 0) is 33.5 Å². The highest BCUT2D eigenvalue weighted by Gasteiger charge is 2.27. The number of esters is 3. The molecule has 0 saturated heterocycles. The van der Waals surface area contributed by atoms with Crippen LogP contribution >= 0.6 is 0 Å². The van der Waals surface area contributed by atoms with Gasteiger partial charge in [-0.3, -0.25) is 34.5 Å². The van der Waals surface area contributed by atoms with Crippen molar-refractivity contribution in [3.63, 3.8) is 0 Å². The van der Waals surface area contributed by atoms with Crippen molar-refractivity contribution in [3.8, 4) is 17.2 Å². The Kier molecular flexibility index (Phi) is 20.4. The highest BCUT2D eigenvalue weighted by Crippen LogP contribution is 2.36. The minimum atomic E-state index is -1.20. The number of aromatic hydroxyl groups is 1. The van der Waals surface area contributed by atoms with E-state index in [1.54, 1.807) is 97.6 Å². The molecule has 0 radical (unpaired) electrons. The first-order valence-electron chi connectivity index (χ1n) is 27.7. The van der Waals surface area contributed by atoms with Crippen molar-refractivity contribution in [3.05, 3.63) is 261 Å². The zero-order valence-electron chi connectivity index (χ0n) is 49.6. The summed E-state index contributed by atoms with van der Waals surface area (Å²) in [6.45, 7) is 0. The van der Waals surface area contributed by atoms with Gasteiger partial charge in [-0.15, -0.1) is 0 Å². The van der Waals surface area contributed by atoms with Crippen LogP contribution in [0, 0.1) is 17.5 Å². The molecule has 0 atom stereocenters. The van der Waals surface area contributed by atoms with Gasteiger partial charge in [-0.1, -0.05) is 36.4 Å². The lowest BCUT2D eigenvalue weighted by Crippen LogP contribution is -2.15. The van der Waals surface area contributed by atoms with E-state index in [2.05, 4.69) is 35.6 Å². The maximum atomic E-state index is 13.3. The number of hydrogen-bond acceptors (Lipinski definition) is 17. The number of anilines is 2. The topological polar surface area (TPSA) is 278 Å². The number of aromatic nitrogens is 5. The Balaban J connectivity index is 0.000000164. The smallest absolute Gasteiger partial charge is 0.341 e. The summed E-state index contributed by atoms with van der Waals surface area (Å²) in [6, 6.07) is 34.1. The Bertz CT molecular complexity index is 4590. The number of methoxy groups -OCH3 is 5. The van der Waals surface area contributed by atoms with Gasteiger partial charge in [0.25, 0.3) is 11.8 Å². The molecular weight excluding hydrogens is 1190 g/mol. The number of aromatic carboxylic acids is 1. The van der Waals surface area contributed by atoms with Crippen molar-refractivity contribution in [1.82, 2.24) is 24.9 Å². The quantitative estimate of drug-likeness (QED) is 0.0517. The lowest BCUT2D eigenvalue weighted by molar-refractivity contribution is 0.0587. The highest BCUT2D eigenvalue weighted by atomic mass is 19.1. The van der Waals surface area contributed by atoms with E-state index < -0.39 is 35.7 Å². The third-order valence-corrected chi connectivity index (χ3v) is 14.1. The molecule has 4 N–H and O–H groups in total. The van der Waals surface area contributed by atoms with Crippen LogP contribution in [0.25, 0.3) is 32.7 Å². The molecular formula is C69H54F3N7O13. The number of hydrogen-bond donors (Lipinski definition) is 4. The number of nitrogens with one attached hydrogen (secondary N) is 2. The molecule has 0 aliphatic carbocycles. The van der Waals surface area contributed by atoms with Crippen molar-refractivity contribution >= 4 is 79.8 Å². The molecule has 0 unspecified atom stereocenters. The Labute approximate surface area is 522 Å². The number of carbonyl (C=O) groups excluding carboxylic acids is 5. The van der Waals surface area contributed by atoms with Gasteiger partial charge in [0, 0.05) is 47.1 Å². The summed E-state index contributed by atoms with van der Waals surface area (Å²) in [4.78, 5) is 95.6. The minimum absolute atomic E-state index is 0.0105. The van der Waals surface area contributed by atoms with Crippen LogP contribution in [0.1, 0.15) is 95.5 Å². The van der Waals surface area contributed by atoms with E-state index in [0.29, 0.717) is 52.3 Å². The van der Waals surface area contributed by atoms with E-state index >= 15 is 0 Å². The van der Waals surface area contributed by atoms with Crippen molar-refractivity contribution < 1.29 is 75.8 Å². The summed E-state index contributed by atoms with van der Waals surface area (Å²) in [6.07, 6.45) is 12.3. The molecule has 0 saturated carbocycles. The molecule has 23 heteroatoms. The number of benzene rings is 6. The lowest BCUT2D eigenvalue weighted by atomic mass is 9.98. The normalized spacial score (nSPS) is 10.7. The molecule has 0 aliphatic heterocycles. The van der Waals surface area contributed by atoms with Gasteiger partial charge in [0.05, 0.1) is 76.0 Å². The predicted octanol–water partition coefficient (Wildman–Crippen LogP) is 12.0. The second-order valence-corrected chi connectivity index (χ2v) is 20.1. The van der Waals surface area contributed by atoms with E-state index in [4.69, 9.17) is 23.7 Å². The number of phenols is 1. The average Bonchev–Trinajstić information content (AvgIpc) is 0.787. The van der Waals surface area contributed by atoms with Crippen molar-refractivity contribution in [2.24, 2.45) is 0 Å². The van der Waals surface area contributed by atoms with Crippen LogP contribution in [0.5, 0.6) is 17.2 Å². The molecule has 20 nitrogen and oxygen atoms in total. The maximum Gasteiger partial charge on any atom is 0.341 e. The Morgan fingerprint density at radius 1 is 0.413 bits per heavy atom. The first kappa shape index (κ1) is 64.3. The summed E-state index contributed by atoms with van der Waals surface area (Å²) < 4.78 is 64.6. The van der Waals surface area contributed by atoms with E-state index in [9.17, 15) is 52.2 Å². The molecule has 0 spiro atoms. The summed E-state index contributed by atoms with van der Waals surface area (Å²) >= 11 is 0. The molecule has 0 bridgehead atoms. The third kappa shape index (κ3) is 15.0. The fraction of sp³-hybridized carbons (Fsp3) is 0.116. The fourth-order valence-corrected chi connectivity index (χ4v) is 9.77. The summed E-state index contributed by atoms with van der Waals surface area (Å²) in [5.74, 6) is -5.30. The number of carbonyl (C=O) groups is 6. The minimum Gasteiger partial charge on any atom is -0.505 e. The number of carboxylic acids is 1. The number of rotatable bonds is 16. The number of amides is 2. The third-order valence-electron chi connectivity index (χ3n) is 14.1. The molecule has 11 aromatic rings. The Morgan fingerprint density at radius 2 is 0.750 bits per heavy atom. The van der Waals surface area contributed by atoms with Gasteiger partial charge in [0.2, 0.25) is 0 Å². The van der Waals surface area contributed by atoms with Crippen LogP contribution in [0.15, 0.2) is 177 Å². The number of carboxylic acid groups (broad SMARTS) is 1. The van der Waals surface area contributed by atoms with Crippen LogP contribution in [0.4, 0.5) is 24.5 Å². The molecule has 5 aromatic heterocycles. The molecule has 5 heterocycles. The van der Waals surface area contributed by atoms with Gasteiger partial charge in [0.1, 0.15) is 50.7 Å². The van der Waals surface area contributed by atoms with Crippen molar-refractivity contribution in [1.29, 1.82) is 0 Å². The van der Waals surface area contributed by atoms with Crippen LogP contribution in [0.3, 0.4) is 0 Å². The first-order chi connectivity index (χ1) is 44.4. The molecule has 464 valence electrons. The number of halogens is 3. The van der Waals surface area contributed by atoms with Crippen molar-refractivity contribution in [2.75, 3.05) is 46.2 Å². The van der Waals surface area contributed by atoms with Gasteiger partial charge in [-0.25, -0.2) is 32.3 Å². The van der Waals surface area contributed by atoms with E-state index in [0.717, 1.165) is 33.4 Å². The van der Waals surface area contributed by atoms with E-state index in [-0.39, 0.29) is 79.1 Å². The summed E-state index contributed by atoms with van der Waals surface area (Å²) in [5, 5.41) is 26.9. The fourth-order valence-electron chi connectivity index (χ4n) is 9.77. The van der Waals surface area contributed by atoms with Crippen molar-refractivity contribution in [2.45, 2.75) is 19.3 Å². The molecule has 2 amide bonds. The number of pyridine rings is 5. The SMILES string of the molecule is COC(=O)c1cc(C(=O)Nc2cccnc2)c2cc(Cc3ccc(F)cc3)cnc2c1O.COC(=O)c1cc(C(=O)Nc2cccnc2)c2cc(Cc3ccc(F)cc3)cnc2c1OC.COC(=O)c1cc(C(=O)O)c2cc(Cc3ccc(F)cc3)cnc2c1OC. The largest absolute Gasteiger partial charge is 0.505 e. The van der Waals surface area contributed by atoms with Gasteiger partial charge in [-0.05, 0) is 150 Å². The predicted molar refractivity (Wildman–Crippen MR) is 333 cm³/mol. The summed E-state index contributed by atoms with van der Waals surface area (Å²) in [7, 11) is 6.42. The zero-order chi connectivity index (χ0) is 65.6. The second-order valence-electron chi connectivity index (χ2n) is 20.1. The monoisotopic (exact) mass is 1250 g/mol. The van der Waals surface area contributed by atoms with E-state index in [1.165, 1.54) is 109 Å². The Morgan fingerprint density at radius 3 is 1.10 bits per heavy atom. The molecule has 0 aliphatic rings. The maximum absolute atomic E-state index is 13.3. The van der Waals surface area contributed by atoms with E-state index in [1.807, 2.05) is 6.07 Å². The number of fused-ring (bicyclic) bond motifs is 3. The summed E-state index contributed by atoms with van der Waals surface area (Å²) in [5.41, 5.74) is 6.71. The van der Waals surface area contributed by atoms with Crippen LogP contribution in [-0.4, -0.2) is 106 Å².